The van der Waals surface area contributed by atoms with Crippen molar-refractivity contribution in [1.29, 1.82) is 0 Å². The fraction of sp³-hybridized carbons (Fsp3) is 0.636. The molecule has 5 nitrogen and oxygen atoms in total. The number of rotatable bonds is 5. The summed E-state index contributed by atoms with van der Waals surface area (Å²) in [4.78, 5) is 11.9. The second kappa shape index (κ2) is 5.65. The topological polar surface area (TPSA) is 69.8 Å². The number of likely N-dealkylation sites (N-methyl/N-ethyl adjacent to an activating group) is 1. The predicted molar refractivity (Wildman–Crippen MR) is 64.3 cm³/mol. The zero-order valence-electron chi connectivity index (χ0n) is 10.3. The lowest BCUT2D eigenvalue weighted by Crippen LogP contribution is -2.39. The monoisotopic (exact) mass is 224 g/mol. The molecule has 0 saturated heterocycles. The molecule has 0 aromatic carbocycles. The van der Waals surface area contributed by atoms with Crippen LogP contribution in [0.4, 0.5) is 5.82 Å². The molecule has 1 amide bonds. The van der Waals surface area contributed by atoms with E-state index in [2.05, 4.69) is 34.7 Å². The molecular formula is C11H20N4O. The van der Waals surface area contributed by atoms with Crippen LogP contribution in [0, 0.1) is 12.8 Å². The first-order valence-electron chi connectivity index (χ1n) is 5.53. The Morgan fingerprint density at radius 2 is 2.25 bits per heavy atom. The van der Waals surface area contributed by atoms with Crippen molar-refractivity contribution in [3.8, 4) is 0 Å². The zero-order valence-corrected chi connectivity index (χ0v) is 10.3. The van der Waals surface area contributed by atoms with E-state index in [0.29, 0.717) is 11.7 Å². The Labute approximate surface area is 96.0 Å². The van der Waals surface area contributed by atoms with Gasteiger partial charge in [0, 0.05) is 11.8 Å². The molecule has 0 aliphatic heterocycles. The highest BCUT2D eigenvalue weighted by atomic mass is 16.2. The van der Waals surface area contributed by atoms with Crippen molar-refractivity contribution in [2.75, 3.05) is 12.4 Å². The summed E-state index contributed by atoms with van der Waals surface area (Å²) in [5.41, 5.74) is 0.931. The van der Waals surface area contributed by atoms with E-state index in [1.807, 2.05) is 6.92 Å². The number of aromatic amines is 1. The molecule has 0 aliphatic rings. The third-order valence-corrected chi connectivity index (χ3v) is 2.33. The molecule has 1 atom stereocenters. The highest BCUT2D eigenvalue weighted by Gasteiger charge is 2.18. The summed E-state index contributed by atoms with van der Waals surface area (Å²) in [6.45, 7) is 6.08. The lowest BCUT2D eigenvalue weighted by Gasteiger charge is -2.16. The number of nitrogens with one attached hydrogen (secondary N) is 3. The lowest BCUT2D eigenvalue weighted by atomic mass is 10.0. The maximum absolute atomic E-state index is 11.9. The molecule has 3 N–H and O–H groups in total. The van der Waals surface area contributed by atoms with Crippen molar-refractivity contribution in [3.05, 3.63) is 11.8 Å². The Kier molecular flexibility index (Phi) is 4.49. The Bertz CT molecular complexity index is 346. The normalized spacial score (nSPS) is 12.8. The van der Waals surface area contributed by atoms with Gasteiger partial charge in [0.05, 0.1) is 6.04 Å². The van der Waals surface area contributed by atoms with Gasteiger partial charge in [-0.2, -0.15) is 5.10 Å². The van der Waals surface area contributed by atoms with E-state index in [-0.39, 0.29) is 11.9 Å². The molecule has 0 spiro atoms. The standard InChI is InChI=1S/C11H20N4O/c1-7(2)5-9(12-4)11(16)13-10-6-8(3)14-15-10/h6-7,9,12H,5H2,1-4H3,(H2,13,14,15,16). The number of nitrogens with zero attached hydrogens (tertiary/aromatic N) is 1. The second-order valence-electron chi connectivity index (χ2n) is 4.40. The molecule has 1 heterocycles. The molecule has 16 heavy (non-hydrogen) atoms. The van der Waals surface area contributed by atoms with Crippen LogP contribution in [-0.4, -0.2) is 29.2 Å². The van der Waals surface area contributed by atoms with Crippen molar-refractivity contribution < 1.29 is 4.79 Å². The number of amides is 1. The van der Waals surface area contributed by atoms with Gasteiger partial charge in [-0.15, -0.1) is 0 Å². The van der Waals surface area contributed by atoms with Gasteiger partial charge in [0.1, 0.15) is 0 Å². The first kappa shape index (κ1) is 12.7. The minimum atomic E-state index is -0.169. The van der Waals surface area contributed by atoms with E-state index < -0.39 is 0 Å². The molecule has 90 valence electrons. The number of anilines is 1. The fourth-order valence-corrected chi connectivity index (χ4v) is 1.52. The average molecular weight is 224 g/mol. The van der Waals surface area contributed by atoms with Crippen LogP contribution in [0.3, 0.4) is 0 Å². The van der Waals surface area contributed by atoms with Crippen molar-refractivity contribution in [2.24, 2.45) is 5.92 Å². The van der Waals surface area contributed by atoms with Crippen molar-refractivity contribution in [2.45, 2.75) is 33.2 Å². The molecule has 0 radical (unpaired) electrons. The Morgan fingerprint density at radius 1 is 1.56 bits per heavy atom. The minimum absolute atomic E-state index is 0.0392. The molecule has 1 aromatic rings. The first-order valence-corrected chi connectivity index (χ1v) is 5.53. The van der Waals surface area contributed by atoms with Crippen LogP contribution >= 0.6 is 0 Å². The summed E-state index contributed by atoms with van der Waals surface area (Å²) in [5.74, 6) is 1.01. The molecule has 1 aromatic heterocycles. The predicted octanol–water partition coefficient (Wildman–Crippen LogP) is 1.29. The number of hydrogen-bond donors (Lipinski definition) is 3. The molecular weight excluding hydrogens is 204 g/mol. The number of carbonyl (C=O) groups is 1. The van der Waals surface area contributed by atoms with Crippen LogP contribution in [0.1, 0.15) is 26.0 Å². The summed E-state index contributed by atoms with van der Waals surface area (Å²) in [7, 11) is 1.79. The van der Waals surface area contributed by atoms with Crippen LogP contribution in [-0.2, 0) is 4.79 Å². The highest BCUT2D eigenvalue weighted by Crippen LogP contribution is 2.08. The van der Waals surface area contributed by atoms with Crippen LogP contribution in [0.25, 0.3) is 0 Å². The maximum atomic E-state index is 11.9. The molecule has 0 fully saturated rings. The Balaban J connectivity index is 2.55. The van der Waals surface area contributed by atoms with Gasteiger partial charge in [-0.1, -0.05) is 13.8 Å². The SMILES string of the molecule is CNC(CC(C)C)C(=O)Nc1cc(C)[nH]n1. The van der Waals surface area contributed by atoms with Crippen LogP contribution < -0.4 is 10.6 Å². The largest absolute Gasteiger partial charge is 0.309 e. The van der Waals surface area contributed by atoms with E-state index in [1.165, 1.54) is 0 Å². The smallest absolute Gasteiger partial charge is 0.242 e. The van der Waals surface area contributed by atoms with Crippen molar-refractivity contribution >= 4 is 11.7 Å². The van der Waals surface area contributed by atoms with Gasteiger partial charge in [0.2, 0.25) is 5.91 Å². The first-order chi connectivity index (χ1) is 7.52. The van der Waals surface area contributed by atoms with Crippen LogP contribution in [0.5, 0.6) is 0 Å². The summed E-state index contributed by atoms with van der Waals surface area (Å²) in [6, 6.07) is 1.64. The van der Waals surface area contributed by atoms with Gasteiger partial charge in [0.25, 0.3) is 0 Å². The maximum Gasteiger partial charge on any atom is 0.242 e. The third-order valence-electron chi connectivity index (χ3n) is 2.33. The van der Waals surface area contributed by atoms with Gasteiger partial charge < -0.3 is 10.6 Å². The average Bonchev–Trinajstić information content (AvgIpc) is 2.60. The number of aromatic nitrogens is 2. The summed E-state index contributed by atoms with van der Waals surface area (Å²) in [5, 5.41) is 12.5. The van der Waals surface area contributed by atoms with E-state index in [9.17, 15) is 4.79 Å². The highest BCUT2D eigenvalue weighted by molar-refractivity contribution is 5.94. The molecule has 0 bridgehead atoms. The lowest BCUT2D eigenvalue weighted by molar-refractivity contribution is -0.118. The molecule has 0 aliphatic carbocycles. The zero-order chi connectivity index (χ0) is 12.1. The third kappa shape index (κ3) is 3.66. The minimum Gasteiger partial charge on any atom is -0.309 e. The van der Waals surface area contributed by atoms with Crippen LogP contribution in [0.15, 0.2) is 6.07 Å². The Morgan fingerprint density at radius 3 is 2.69 bits per heavy atom. The molecule has 1 unspecified atom stereocenters. The second-order valence-corrected chi connectivity index (χ2v) is 4.40. The van der Waals surface area contributed by atoms with Gasteiger partial charge in [-0.05, 0) is 26.3 Å². The van der Waals surface area contributed by atoms with Gasteiger partial charge in [0.15, 0.2) is 5.82 Å². The van der Waals surface area contributed by atoms with E-state index >= 15 is 0 Å². The summed E-state index contributed by atoms with van der Waals surface area (Å²) < 4.78 is 0. The number of carbonyl (C=O) groups excluding carboxylic acids is 1. The summed E-state index contributed by atoms with van der Waals surface area (Å²) in [6.07, 6.45) is 0.811. The van der Waals surface area contributed by atoms with E-state index in [4.69, 9.17) is 0 Å². The number of hydrogen-bond acceptors (Lipinski definition) is 3. The molecule has 0 saturated carbocycles. The fourth-order valence-electron chi connectivity index (χ4n) is 1.52. The Hall–Kier alpha value is -1.36. The van der Waals surface area contributed by atoms with Crippen LogP contribution in [0.2, 0.25) is 0 Å². The van der Waals surface area contributed by atoms with Gasteiger partial charge in [-0.25, -0.2) is 0 Å². The van der Waals surface area contributed by atoms with Crippen molar-refractivity contribution in [3.63, 3.8) is 0 Å². The van der Waals surface area contributed by atoms with E-state index in [1.54, 1.807) is 13.1 Å². The van der Waals surface area contributed by atoms with E-state index in [0.717, 1.165) is 12.1 Å². The van der Waals surface area contributed by atoms with Gasteiger partial charge in [-0.3, -0.25) is 9.89 Å². The molecule has 1 rings (SSSR count). The number of aryl methyl sites for hydroxylation is 1. The van der Waals surface area contributed by atoms with Crippen molar-refractivity contribution in [1.82, 2.24) is 15.5 Å². The van der Waals surface area contributed by atoms with Gasteiger partial charge >= 0.3 is 0 Å². The molecule has 5 heteroatoms. The summed E-state index contributed by atoms with van der Waals surface area (Å²) >= 11 is 0. The quantitative estimate of drug-likeness (QED) is 0.706. The number of H-pyrrole nitrogens is 1.